The van der Waals surface area contributed by atoms with Crippen LogP contribution in [-0.2, 0) is 6.54 Å². The van der Waals surface area contributed by atoms with Crippen molar-refractivity contribution in [2.45, 2.75) is 13.5 Å². The zero-order valence-corrected chi connectivity index (χ0v) is 10.9. The fourth-order valence-corrected chi connectivity index (χ4v) is 1.95. The maximum absolute atomic E-state index is 6.14. The summed E-state index contributed by atoms with van der Waals surface area (Å²) in [7, 11) is 0. The predicted molar refractivity (Wildman–Crippen MR) is 74.6 cm³/mol. The third kappa shape index (κ3) is 2.71. The van der Waals surface area contributed by atoms with Gasteiger partial charge in [-0.05, 0) is 12.5 Å². The molecule has 1 heterocycles. The molecule has 2 rings (SSSR count). The Morgan fingerprint density at radius 2 is 1.94 bits per heavy atom. The lowest BCUT2D eigenvalue weighted by Crippen LogP contribution is -2.23. The first-order chi connectivity index (χ1) is 8.72. The first-order valence-corrected chi connectivity index (χ1v) is 6.15. The van der Waals surface area contributed by atoms with Crippen molar-refractivity contribution in [3.8, 4) is 0 Å². The lowest BCUT2D eigenvalue weighted by atomic mass is 10.2. The van der Waals surface area contributed by atoms with Gasteiger partial charge in [-0.3, -0.25) is 0 Å². The van der Waals surface area contributed by atoms with Crippen LogP contribution in [0.1, 0.15) is 12.5 Å². The van der Waals surface area contributed by atoms with Gasteiger partial charge in [-0.25, -0.2) is 9.97 Å². The maximum atomic E-state index is 6.14. The van der Waals surface area contributed by atoms with Gasteiger partial charge in [0.25, 0.3) is 0 Å². The Balaban J connectivity index is 2.26. The number of halogens is 1. The molecular formula is C13H15ClN4. The topological polar surface area (TPSA) is 55.0 Å². The summed E-state index contributed by atoms with van der Waals surface area (Å²) in [5.74, 6) is 0.990. The molecule has 0 aliphatic carbocycles. The van der Waals surface area contributed by atoms with Crippen LogP contribution in [-0.4, -0.2) is 16.5 Å². The van der Waals surface area contributed by atoms with E-state index in [4.69, 9.17) is 17.3 Å². The van der Waals surface area contributed by atoms with Crippen molar-refractivity contribution < 1.29 is 0 Å². The van der Waals surface area contributed by atoms with Crippen LogP contribution in [0.25, 0.3) is 0 Å². The van der Waals surface area contributed by atoms with Crippen LogP contribution in [0.4, 0.5) is 11.6 Å². The summed E-state index contributed by atoms with van der Waals surface area (Å²) in [6.45, 7) is 3.59. The molecule has 0 spiro atoms. The summed E-state index contributed by atoms with van der Waals surface area (Å²) in [6, 6.07) is 10.2. The van der Waals surface area contributed by atoms with Gasteiger partial charge in [-0.2, -0.15) is 0 Å². The molecule has 0 saturated carbocycles. The predicted octanol–water partition coefficient (Wildman–Crippen LogP) is 2.74. The van der Waals surface area contributed by atoms with Crippen molar-refractivity contribution >= 4 is 23.2 Å². The van der Waals surface area contributed by atoms with Gasteiger partial charge in [0.1, 0.15) is 17.2 Å². The summed E-state index contributed by atoms with van der Waals surface area (Å²) in [4.78, 5) is 10.1. The Morgan fingerprint density at radius 3 is 2.61 bits per heavy atom. The molecule has 94 valence electrons. The van der Waals surface area contributed by atoms with Crippen molar-refractivity contribution in [2.75, 3.05) is 17.2 Å². The SMILES string of the molecule is CCN(Cc1ccccc1)c1ncnc(N)c1Cl. The van der Waals surface area contributed by atoms with E-state index in [1.54, 1.807) is 0 Å². The highest BCUT2D eigenvalue weighted by atomic mass is 35.5. The molecule has 18 heavy (non-hydrogen) atoms. The van der Waals surface area contributed by atoms with Crippen molar-refractivity contribution in [2.24, 2.45) is 0 Å². The molecule has 0 bridgehead atoms. The average molecular weight is 263 g/mol. The molecule has 2 aromatic rings. The number of aromatic nitrogens is 2. The molecule has 2 N–H and O–H groups in total. The van der Waals surface area contributed by atoms with Gasteiger partial charge in [0.15, 0.2) is 5.82 Å². The van der Waals surface area contributed by atoms with Gasteiger partial charge < -0.3 is 10.6 Å². The number of nitrogen functional groups attached to an aromatic ring is 1. The van der Waals surface area contributed by atoms with Crippen LogP contribution in [0.3, 0.4) is 0 Å². The average Bonchev–Trinajstić information content (AvgIpc) is 2.41. The molecule has 0 aliphatic heterocycles. The van der Waals surface area contributed by atoms with E-state index in [0.29, 0.717) is 16.7 Å². The second kappa shape index (κ2) is 5.69. The van der Waals surface area contributed by atoms with E-state index in [9.17, 15) is 0 Å². The largest absolute Gasteiger partial charge is 0.382 e. The Kier molecular flexibility index (Phi) is 3.99. The summed E-state index contributed by atoms with van der Waals surface area (Å²) < 4.78 is 0. The van der Waals surface area contributed by atoms with Crippen LogP contribution >= 0.6 is 11.6 Å². The highest BCUT2D eigenvalue weighted by Gasteiger charge is 2.13. The summed E-state index contributed by atoms with van der Waals surface area (Å²) in [5, 5.41) is 0.412. The van der Waals surface area contributed by atoms with Crippen LogP contribution in [0.2, 0.25) is 5.02 Å². The highest BCUT2D eigenvalue weighted by molar-refractivity contribution is 6.35. The van der Waals surface area contributed by atoms with E-state index in [2.05, 4.69) is 33.9 Å². The number of hydrogen-bond donors (Lipinski definition) is 1. The Morgan fingerprint density at radius 1 is 1.22 bits per heavy atom. The molecular weight excluding hydrogens is 248 g/mol. The lowest BCUT2D eigenvalue weighted by Gasteiger charge is -2.23. The number of nitrogens with zero attached hydrogens (tertiary/aromatic N) is 3. The Labute approximate surface area is 111 Å². The molecule has 5 heteroatoms. The van der Waals surface area contributed by atoms with E-state index in [1.807, 2.05) is 18.2 Å². The van der Waals surface area contributed by atoms with Crippen LogP contribution in [0, 0.1) is 0 Å². The van der Waals surface area contributed by atoms with Crippen molar-refractivity contribution in [3.63, 3.8) is 0 Å². The number of hydrogen-bond acceptors (Lipinski definition) is 4. The minimum Gasteiger partial charge on any atom is -0.382 e. The smallest absolute Gasteiger partial charge is 0.153 e. The first-order valence-electron chi connectivity index (χ1n) is 5.77. The molecule has 0 fully saturated rings. The molecule has 1 aromatic carbocycles. The number of rotatable bonds is 4. The molecule has 0 saturated heterocycles. The van der Waals surface area contributed by atoms with Crippen molar-refractivity contribution in [1.82, 2.24) is 9.97 Å². The first kappa shape index (κ1) is 12.6. The number of benzene rings is 1. The number of anilines is 2. The third-order valence-electron chi connectivity index (χ3n) is 2.70. The zero-order chi connectivity index (χ0) is 13.0. The molecule has 0 amide bonds. The zero-order valence-electron chi connectivity index (χ0n) is 10.2. The molecule has 0 unspecified atom stereocenters. The quantitative estimate of drug-likeness (QED) is 0.921. The van der Waals surface area contributed by atoms with Gasteiger partial charge in [0, 0.05) is 13.1 Å². The Bertz CT molecular complexity index is 516. The van der Waals surface area contributed by atoms with Crippen LogP contribution in [0.5, 0.6) is 0 Å². The molecule has 0 aliphatic rings. The maximum Gasteiger partial charge on any atom is 0.153 e. The number of nitrogens with two attached hydrogens (primary N) is 1. The van der Waals surface area contributed by atoms with Crippen LogP contribution < -0.4 is 10.6 Å². The van der Waals surface area contributed by atoms with Crippen molar-refractivity contribution in [3.05, 3.63) is 47.2 Å². The van der Waals surface area contributed by atoms with E-state index in [-0.39, 0.29) is 0 Å². The standard InChI is InChI=1S/C13H15ClN4/c1-2-18(8-10-6-4-3-5-7-10)13-11(14)12(15)16-9-17-13/h3-7,9H,2,8H2,1H3,(H2,15,16,17). The molecule has 4 nitrogen and oxygen atoms in total. The van der Waals surface area contributed by atoms with E-state index >= 15 is 0 Å². The van der Waals surface area contributed by atoms with Gasteiger partial charge in [-0.15, -0.1) is 0 Å². The minimum atomic E-state index is 0.313. The summed E-state index contributed by atoms with van der Waals surface area (Å²) >= 11 is 6.14. The summed E-state index contributed by atoms with van der Waals surface area (Å²) in [5.41, 5.74) is 6.90. The fraction of sp³-hybridized carbons (Fsp3) is 0.231. The molecule has 0 radical (unpaired) electrons. The summed E-state index contributed by atoms with van der Waals surface area (Å²) in [6.07, 6.45) is 1.43. The third-order valence-corrected chi connectivity index (χ3v) is 3.06. The van der Waals surface area contributed by atoms with Gasteiger partial charge >= 0.3 is 0 Å². The highest BCUT2D eigenvalue weighted by Crippen LogP contribution is 2.27. The molecule has 0 atom stereocenters. The van der Waals surface area contributed by atoms with Gasteiger partial charge in [0.2, 0.25) is 0 Å². The van der Waals surface area contributed by atoms with Gasteiger partial charge in [0.05, 0.1) is 0 Å². The second-order valence-electron chi connectivity index (χ2n) is 3.90. The fourth-order valence-electron chi connectivity index (χ4n) is 1.73. The Hall–Kier alpha value is -1.81. The molecule has 1 aromatic heterocycles. The van der Waals surface area contributed by atoms with E-state index in [0.717, 1.165) is 13.1 Å². The second-order valence-corrected chi connectivity index (χ2v) is 4.27. The van der Waals surface area contributed by atoms with Crippen LogP contribution in [0.15, 0.2) is 36.7 Å². The lowest BCUT2D eigenvalue weighted by molar-refractivity contribution is 0.811. The normalized spacial score (nSPS) is 10.3. The monoisotopic (exact) mass is 262 g/mol. The van der Waals surface area contributed by atoms with Crippen molar-refractivity contribution in [1.29, 1.82) is 0 Å². The van der Waals surface area contributed by atoms with Gasteiger partial charge in [-0.1, -0.05) is 41.9 Å². The van der Waals surface area contributed by atoms with E-state index < -0.39 is 0 Å². The van der Waals surface area contributed by atoms with E-state index in [1.165, 1.54) is 11.9 Å². The minimum absolute atomic E-state index is 0.313.